The van der Waals surface area contributed by atoms with Gasteiger partial charge in [0.25, 0.3) is 5.69 Å². The molecule has 2 unspecified atom stereocenters. The minimum Gasteiger partial charge on any atom is -0.497 e. The van der Waals surface area contributed by atoms with E-state index in [0.29, 0.717) is 23.9 Å². The van der Waals surface area contributed by atoms with Gasteiger partial charge in [0, 0.05) is 18.7 Å². The first-order valence-corrected chi connectivity index (χ1v) is 6.84. The first-order valence-electron chi connectivity index (χ1n) is 6.84. The molecule has 1 saturated carbocycles. The Morgan fingerprint density at radius 2 is 2.30 bits per heavy atom. The number of anilines is 1. The van der Waals surface area contributed by atoms with E-state index in [1.54, 1.807) is 12.1 Å². The van der Waals surface area contributed by atoms with E-state index in [4.69, 9.17) is 4.74 Å². The second-order valence-electron chi connectivity index (χ2n) is 5.21. The van der Waals surface area contributed by atoms with E-state index in [2.05, 4.69) is 5.32 Å². The SMILES string of the molecule is COc1ccc([N+](=O)[O-])c(NCC2CCCC(O)C2)c1. The molecule has 1 aromatic carbocycles. The molecule has 20 heavy (non-hydrogen) atoms. The van der Waals surface area contributed by atoms with Crippen molar-refractivity contribution in [3.05, 3.63) is 28.3 Å². The molecule has 1 fully saturated rings. The minimum atomic E-state index is -0.405. The lowest BCUT2D eigenvalue weighted by molar-refractivity contribution is -0.384. The van der Waals surface area contributed by atoms with Gasteiger partial charge in [-0.3, -0.25) is 10.1 Å². The van der Waals surface area contributed by atoms with Crippen LogP contribution in [0, 0.1) is 16.0 Å². The topological polar surface area (TPSA) is 84.6 Å². The Morgan fingerprint density at radius 3 is 2.95 bits per heavy atom. The van der Waals surface area contributed by atoms with Crippen LogP contribution >= 0.6 is 0 Å². The molecule has 0 saturated heterocycles. The van der Waals surface area contributed by atoms with E-state index in [9.17, 15) is 15.2 Å². The third-order valence-corrected chi connectivity index (χ3v) is 3.74. The van der Waals surface area contributed by atoms with Gasteiger partial charge in [-0.15, -0.1) is 0 Å². The van der Waals surface area contributed by atoms with Crippen molar-refractivity contribution in [2.45, 2.75) is 31.8 Å². The van der Waals surface area contributed by atoms with Gasteiger partial charge in [0.1, 0.15) is 11.4 Å². The Bertz CT molecular complexity index is 478. The van der Waals surface area contributed by atoms with Crippen LogP contribution < -0.4 is 10.1 Å². The molecule has 2 N–H and O–H groups in total. The molecule has 1 aliphatic carbocycles. The van der Waals surface area contributed by atoms with Crippen LogP contribution in [-0.2, 0) is 0 Å². The van der Waals surface area contributed by atoms with Crippen LogP contribution in [0.2, 0.25) is 0 Å². The summed E-state index contributed by atoms with van der Waals surface area (Å²) in [5.74, 6) is 0.936. The van der Waals surface area contributed by atoms with E-state index in [1.807, 2.05) is 0 Å². The van der Waals surface area contributed by atoms with Crippen LogP contribution in [-0.4, -0.2) is 29.8 Å². The van der Waals surface area contributed by atoms with E-state index in [1.165, 1.54) is 13.2 Å². The number of hydrogen-bond donors (Lipinski definition) is 2. The van der Waals surface area contributed by atoms with E-state index in [-0.39, 0.29) is 11.8 Å². The number of nitro groups is 1. The van der Waals surface area contributed by atoms with Crippen molar-refractivity contribution >= 4 is 11.4 Å². The molecule has 6 nitrogen and oxygen atoms in total. The molecule has 0 spiro atoms. The number of benzene rings is 1. The lowest BCUT2D eigenvalue weighted by Gasteiger charge is -2.26. The number of rotatable bonds is 5. The van der Waals surface area contributed by atoms with Gasteiger partial charge in [-0.05, 0) is 31.2 Å². The Labute approximate surface area is 117 Å². The highest BCUT2D eigenvalue weighted by atomic mass is 16.6. The summed E-state index contributed by atoms with van der Waals surface area (Å²) in [6.45, 7) is 0.630. The highest BCUT2D eigenvalue weighted by molar-refractivity contribution is 5.64. The largest absolute Gasteiger partial charge is 0.497 e. The number of hydrogen-bond acceptors (Lipinski definition) is 5. The summed E-state index contributed by atoms with van der Waals surface area (Å²) in [5, 5.41) is 23.8. The van der Waals surface area contributed by atoms with Gasteiger partial charge in [-0.2, -0.15) is 0 Å². The number of ether oxygens (including phenoxy) is 1. The van der Waals surface area contributed by atoms with Crippen molar-refractivity contribution in [2.75, 3.05) is 19.0 Å². The molecule has 0 bridgehead atoms. The monoisotopic (exact) mass is 280 g/mol. The third-order valence-electron chi connectivity index (χ3n) is 3.74. The van der Waals surface area contributed by atoms with Crippen LogP contribution in [0.25, 0.3) is 0 Å². The zero-order chi connectivity index (χ0) is 14.5. The fourth-order valence-electron chi connectivity index (χ4n) is 2.65. The normalized spacial score (nSPS) is 22.3. The van der Waals surface area contributed by atoms with E-state index in [0.717, 1.165) is 25.7 Å². The van der Waals surface area contributed by atoms with Crippen LogP contribution in [0.3, 0.4) is 0 Å². The fourth-order valence-corrected chi connectivity index (χ4v) is 2.65. The zero-order valence-electron chi connectivity index (χ0n) is 11.5. The van der Waals surface area contributed by atoms with Crippen LogP contribution in [0.15, 0.2) is 18.2 Å². The quantitative estimate of drug-likeness (QED) is 0.639. The second-order valence-corrected chi connectivity index (χ2v) is 5.21. The molecule has 0 heterocycles. The van der Waals surface area contributed by atoms with Crippen molar-refractivity contribution in [1.29, 1.82) is 0 Å². The summed E-state index contributed by atoms with van der Waals surface area (Å²) in [6.07, 6.45) is 3.42. The van der Waals surface area contributed by atoms with Gasteiger partial charge >= 0.3 is 0 Å². The lowest BCUT2D eigenvalue weighted by atomic mass is 9.87. The summed E-state index contributed by atoms with van der Waals surface area (Å²) >= 11 is 0. The number of aliphatic hydroxyl groups excluding tert-OH is 1. The predicted molar refractivity (Wildman–Crippen MR) is 76.1 cm³/mol. The molecule has 1 aromatic rings. The Balaban J connectivity index is 2.05. The first kappa shape index (κ1) is 14.6. The fraction of sp³-hybridized carbons (Fsp3) is 0.571. The first-order chi connectivity index (χ1) is 9.60. The number of nitro benzene ring substituents is 1. The van der Waals surface area contributed by atoms with Gasteiger partial charge in [0.2, 0.25) is 0 Å². The molecule has 1 aliphatic rings. The smallest absolute Gasteiger partial charge is 0.292 e. The Morgan fingerprint density at radius 1 is 1.50 bits per heavy atom. The molecule has 0 radical (unpaired) electrons. The summed E-state index contributed by atoms with van der Waals surface area (Å²) in [4.78, 5) is 10.6. The average molecular weight is 280 g/mol. The number of nitrogens with one attached hydrogen (secondary N) is 1. The third kappa shape index (κ3) is 3.60. The van der Waals surface area contributed by atoms with Crippen molar-refractivity contribution in [3.63, 3.8) is 0 Å². The molecule has 0 aliphatic heterocycles. The average Bonchev–Trinajstić information content (AvgIpc) is 2.44. The molecule has 0 amide bonds. The van der Waals surface area contributed by atoms with Crippen molar-refractivity contribution in [3.8, 4) is 5.75 Å². The van der Waals surface area contributed by atoms with Gasteiger partial charge in [0.05, 0.1) is 18.1 Å². The molecule has 6 heteroatoms. The van der Waals surface area contributed by atoms with Crippen molar-refractivity contribution < 1.29 is 14.8 Å². The van der Waals surface area contributed by atoms with Crippen LogP contribution in [0.4, 0.5) is 11.4 Å². The minimum absolute atomic E-state index is 0.0437. The lowest BCUT2D eigenvalue weighted by Crippen LogP contribution is -2.25. The summed E-state index contributed by atoms with van der Waals surface area (Å²) in [7, 11) is 1.53. The number of aliphatic hydroxyl groups is 1. The zero-order valence-corrected chi connectivity index (χ0v) is 11.5. The van der Waals surface area contributed by atoms with Crippen LogP contribution in [0.5, 0.6) is 5.75 Å². The second kappa shape index (κ2) is 6.56. The maximum Gasteiger partial charge on any atom is 0.292 e. The van der Waals surface area contributed by atoms with Crippen molar-refractivity contribution in [1.82, 2.24) is 0 Å². The van der Waals surface area contributed by atoms with Gasteiger partial charge in [0.15, 0.2) is 0 Å². The molecule has 2 rings (SSSR count). The summed E-state index contributed by atoms with van der Waals surface area (Å²) < 4.78 is 5.10. The maximum absolute atomic E-state index is 11.0. The van der Waals surface area contributed by atoms with Gasteiger partial charge in [-0.25, -0.2) is 0 Å². The predicted octanol–water partition coefficient (Wildman–Crippen LogP) is 2.57. The van der Waals surface area contributed by atoms with E-state index >= 15 is 0 Å². The van der Waals surface area contributed by atoms with E-state index < -0.39 is 4.92 Å². The molecule has 0 aromatic heterocycles. The molecule has 110 valence electrons. The van der Waals surface area contributed by atoms with Crippen LogP contribution in [0.1, 0.15) is 25.7 Å². The standard InChI is InChI=1S/C14H20N2O4/c1-20-12-5-6-14(16(18)19)13(8-12)15-9-10-3-2-4-11(17)7-10/h5-6,8,10-11,15,17H,2-4,7,9H2,1H3. The maximum atomic E-state index is 11.0. The molecular formula is C14H20N2O4. The highest BCUT2D eigenvalue weighted by Gasteiger charge is 2.21. The summed E-state index contributed by atoms with van der Waals surface area (Å²) in [6, 6.07) is 4.65. The highest BCUT2D eigenvalue weighted by Crippen LogP contribution is 2.30. The van der Waals surface area contributed by atoms with Crippen molar-refractivity contribution in [2.24, 2.45) is 5.92 Å². The number of methoxy groups -OCH3 is 1. The molecule has 2 atom stereocenters. The number of nitrogens with zero attached hydrogens (tertiary/aromatic N) is 1. The van der Waals surface area contributed by atoms with Gasteiger partial charge in [-0.1, -0.05) is 6.42 Å². The summed E-state index contributed by atoms with van der Waals surface area (Å²) in [5.41, 5.74) is 0.511. The molecular weight excluding hydrogens is 260 g/mol. The Hall–Kier alpha value is -1.82. The van der Waals surface area contributed by atoms with Gasteiger partial charge < -0.3 is 15.2 Å². The Kier molecular flexibility index (Phi) is 4.79.